The van der Waals surface area contributed by atoms with Gasteiger partial charge in [-0.05, 0) is 41.4 Å². The van der Waals surface area contributed by atoms with Gasteiger partial charge >= 0.3 is 0 Å². The van der Waals surface area contributed by atoms with Gasteiger partial charge in [-0.15, -0.1) is 0 Å². The van der Waals surface area contributed by atoms with E-state index < -0.39 is 6.10 Å². The van der Waals surface area contributed by atoms with Gasteiger partial charge < -0.3 is 5.11 Å². The Morgan fingerprint density at radius 3 is 2.74 bits per heavy atom. The van der Waals surface area contributed by atoms with E-state index in [1.807, 2.05) is 17.9 Å². The van der Waals surface area contributed by atoms with Crippen LogP contribution >= 0.6 is 34.2 Å². The smallest absolute Gasteiger partial charge is 0.157 e. The van der Waals surface area contributed by atoms with Gasteiger partial charge in [0.2, 0.25) is 0 Å². The molecule has 19 heavy (non-hydrogen) atoms. The van der Waals surface area contributed by atoms with Crippen LogP contribution in [0.2, 0.25) is 5.15 Å². The van der Waals surface area contributed by atoms with Crippen molar-refractivity contribution in [3.8, 4) is 0 Å². The number of nitrogens with zero attached hydrogens (tertiary/aromatic N) is 4. The fourth-order valence-electron chi connectivity index (χ4n) is 2.09. The van der Waals surface area contributed by atoms with Crippen LogP contribution in [0.3, 0.4) is 0 Å². The Labute approximate surface area is 129 Å². The molecule has 1 N–H and O–H groups in total. The molecule has 1 atom stereocenters. The molecule has 2 aromatic rings. The minimum Gasteiger partial charge on any atom is -0.383 e. The molecule has 1 unspecified atom stereocenters. The molecule has 1 saturated carbocycles. The van der Waals surface area contributed by atoms with Crippen molar-refractivity contribution in [1.82, 2.24) is 19.6 Å². The number of halogens is 2. The van der Waals surface area contributed by atoms with Gasteiger partial charge in [-0.1, -0.05) is 11.6 Å². The zero-order valence-electron chi connectivity index (χ0n) is 10.4. The molecule has 102 valence electrons. The summed E-state index contributed by atoms with van der Waals surface area (Å²) in [5.74, 6) is 0.722. The average molecular weight is 393 g/mol. The second-order valence-corrected chi connectivity index (χ2v) is 6.37. The molecular formula is C12H14ClIN4O. The highest BCUT2D eigenvalue weighted by molar-refractivity contribution is 14.1. The first-order valence-corrected chi connectivity index (χ1v) is 7.60. The highest BCUT2D eigenvalue weighted by Crippen LogP contribution is 2.33. The molecule has 0 aliphatic heterocycles. The highest BCUT2D eigenvalue weighted by atomic mass is 127. The monoisotopic (exact) mass is 392 g/mol. The number of hydrogen-bond acceptors (Lipinski definition) is 3. The SMILES string of the molecule is Cn1cc(C(O)c2cn(CC3CC3)nc2Cl)c(I)n1. The molecule has 3 rings (SSSR count). The van der Waals surface area contributed by atoms with Crippen molar-refractivity contribution in [2.45, 2.75) is 25.5 Å². The van der Waals surface area contributed by atoms with Crippen molar-refractivity contribution in [3.05, 3.63) is 32.4 Å². The van der Waals surface area contributed by atoms with E-state index in [0.29, 0.717) is 10.7 Å². The summed E-state index contributed by atoms with van der Waals surface area (Å²) < 4.78 is 4.29. The standard InChI is InChI=1S/C12H14ClIN4O/c1-17-5-9(12(14)16-17)10(19)8-6-18(15-11(8)13)4-7-2-3-7/h5-7,10,19H,2-4H2,1H3. The first kappa shape index (κ1) is 13.4. The molecule has 0 amide bonds. The lowest BCUT2D eigenvalue weighted by molar-refractivity contribution is 0.219. The molecule has 0 spiro atoms. The number of aliphatic hydroxyl groups is 1. The van der Waals surface area contributed by atoms with Gasteiger partial charge in [-0.25, -0.2) is 0 Å². The van der Waals surface area contributed by atoms with Crippen LogP contribution in [0.25, 0.3) is 0 Å². The van der Waals surface area contributed by atoms with Crippen LogP contribution in [-0.4, -0.2) is 24.7 Å². The van der Waals surface area contributed by atoms with Gasteiger partial charge in [0, 0.05) is 37.1 Å². The van der Waals surface area contributed by atoms with Crippen LogP contribution in [-0.2, 0) is 13.6 Å². The van der Waals surface area contributed by atoms with E-state index >= 15 is 0 Å². The van der Waals surface area contributed by atoms with Gasteiger partial charge in [0.05, 0.1) is 0 Å². The van der Waals surface area contributed by atoms with E-state index in [9.17, 15) is 5.11 Å². The molecule has 2 aromatic heterocycles. The van der Waals surface area contributed by atoms with Gasteiger partial charge in [0.25, 0.3) is 0 Å². The van der Waals surface area contributed by atoms with Crippen molar-refractivity contribution < 1.29 is 5.11 Å². The van der Waals surface area contributed by atoms with E-state index in [2.05, 4.69) is 32.8 Å². The van der Waals surface area contributed by atoms with Crippen molar-refractivity contribution in [3.63, 3.8) is 0 Å². The van der Waals surface area contributed by atoms with Crippen LogP contribution in [0.4, 0.5) is 0 Å². The van der Waals surface area contributed by atoms with E-state index in [4.69, 9.17) is 11.6 Å². The number of aromatic nitrogens is 4. The third kappa shape index (κ3) is 2.80. The highest BCUT2D eigenvalue weighted by Gasteiger charge is 2.25. The Morgan fingerprint density at radius 2 is 2.16 bits per heavy atom. The second kappa shape index (κ2) is 5.06. The fraction of sp³-hybridized carbons (Fsp3) is 0.500. The number of aryl methyl sites for hydroxylation is 1. The summed E-state index contributed by atoms with van der Waals surface area (Å²) in [6.07, 6.45) is 5.39. The molecule has 5 nitrogen and oxygen atoms in total. The Bertz CT molecular complexity index is 605. The molecule has 0 radical (unpaired) electrons. The van der Waals surface area contributed by atoms with Crippen LogP contribution in [0.1, 0.15) is 30.1 Å². The summed E-state index contributed by atoms with van der Waals surface area (Å²) in [6, 6.07) is 0. The maximum atomic E-state index is 10.4. The Hall–Kier alpha value is -0.600. The maximum absolute atomic E-state index is 10.4. The Kier molecular flexibility index (Phi) is 3.57. The third-order valence-corrected chi connectivity index (χ3v) is 4.42. The second-order valence-electron chi connectivity index (χ2n) is 4.99. The summed E-state index contributed by atoms with van der Waals surface area (Å²) in [6.45, 7) is 0.885. The third-order valence-electron chi connectivity index (χ3n) is 3.28. The molecule has 1 aliphatic rings. The first-order valence-electron chi connectivity index (χ1n) is 6.14. The maximum Gasteiger partial charge on any atom is 0.157 e. The predicted molar refractivity (Wildman–Crippen MR) is 79.9 cm³/mol. The Morgan fingerprint density at radius 1 is 1.42 bits per heavy atom. The van der Waals surface area contributed by atoms with Gasteiger partial charge in [-0.2, -0.15) is 10.2 Å². The largest absolute Gasteiger partial charge is 0.383 e. The summed E-state index contributed by atoms with van der Waals surface area (Å²) in [5.41, 5.74) is 1.41. The fourth-order valence-corrected chi connectivity index (χ4v) is 3.11. The first-order chi connectivity index (χ1) is 9.04. The lowest BCUT2D eigenvalue weighted by Crippen LogP contribution is -2.01. The van der Waals surface area contributed by atoms with Crippen LogP contribution in [0.15, 0.2) is 12.4 Å². The van der Waals surface area contributed by atoms with Crippen molar-refractivity contribution in [1.29, 1.82) is 0 Å². The predicted octanol–water partition coefficient (Wildman–Crippen LogP) is 2.37. The van der Waals surface area contributed by atoms with E-state index in [1.54, 1.807) is 10.9 Å². The van der Waals surface area contributed by atoms with E-state index in [0.717, 1.165) is 21.7 Å². The molecule has 0 bridgehead atoms. The molecule has 2 heterocycles. The molecule has 0 aromatic carbocycles. The summed E-state index contributed by atoms with van der Waals surface area (Å²) in [5, 5.41) is 19.3. The average Bonchev–Trinajstić information content (AvgIpc) is 2.98. The zero-order valence-corrected chi connectivity index (χ0v) is 13.3. The van der Waals surface area contributed by atoms with Crippen LogP contribution in [0.5, 0.6) is 0 Å². The summed E-state index contributed by atoms with van der Waals surface area (Å²) in [7, 11) is 1.83. The molecule has 7 heteroatoms. The van der Waals surface area contributed by atoms with Crippen LogP contribution < -0.4 is 0 Å². The van der Waals surface area contributed by atoms with E-state index in [-0.39, 0.29) is 0 Å². The normalized spacial score (nSPS) is 16.8. The minimum absolute atomic E-state index is 0.368. The molecule has 1 aliphatic carbocycles. The summed E-state index contributed by atoms with van der Waals surface area (Å²) >= 11 is 8.24. The topological polar surface area (TPSA) is 55.9 Å². The van der Waals surface area contributed by atoms with E-state index in [1.165, 1.54) is 12.8 Å². The van der Waals surface area contributed by atoms with Gasteiger partial charge in [0.1, 0.15) is 9.80 Å². The molecule has 1 fully saturated rings. The number of rotatable bonds is 4. The molecule has 0 saturated heterocycles. The minimum atomic E-state index is -0.777. The van der Waals surface area contributed by atoms with Crippen LogP contribution in [0, 0.1) is 9.62 Å². The van der Waals surface area contributed by atoms with Gasteiger partial charge in [-0.3, -0.25) is 9.36 Å². The van der Waals surface area contributed by atoms with Crippen molar-refractivity contribution >= 4 is 34.2 Å². The Balaban J connectivity index is 1.87. The quantitative estimate of drug-likeness (QED) is 0.813. The summed E-state index contributed by atoms with van der Waals surface area (Å²) in [4.78, 5) is 0. The van der Waals surface area contributed by atoms with Crippen molar-refractivity contribution in [2.24, 2.45) is 13.0 Å². The van der Waals surface area contributed by atoms with Crippen molar-refractivity contribution in [2.75, 3.05) is 0 Å². The lowest BCUT2D eigenvalue weighted by atomic mass is 10.1. The zero-order chi connectivity index (χ0) is 13.6. The molecular weight excluding hydrogens is 379 g/mol. The van der Waals surface area contributed by atoms with Gasteiger partial charge in [0.15, 0.2) is 5.15 Å². The number of hydrogen-bond donors (Lipinski definition) is 1. The lowest BCUT2D eigenvalue weighted by Gasteiger charge is -2.06. The number of aliphatic hydroxyl groups excluding tert-OH is 1.